The lowest BCUT2D eigenvalue weighted by Gasteiger charge is -2.37. The lowest BCUT2D eigenvalue weighted by Crippen LogP contribution is -3.00. The van der Waals surface area contributed by atoms with Crippen LogP contribution in [0.2, 0.25) is 0 Å². The summed E-state index contributed by atoms with van der Waals surface area (Å²) in [7, 11) is 0. The highest BCUT2D eigenvalue weighted by Crippen LogP contribution is 2.16. The Kier molecular flexibility index (Phi) is 24.6. The highest BCUT2D eigenvalue weighted by molar-refractivity contribution is 7.99. The number of quaternary nitrogens is 1. The van der Waals surface area contributed by atoms with Gasteiger partial charge in [0.15, 0.2) is 0 Å². The molecule has 0 aliphatic heterocycles. The van der Waals surface area contributed by atoms with E-state index >= 15 is 0 Å². The van der Waals surface area contributed by atoms with Gasteiger partial charge >= 0.3 is 0 Å². The summed E-state index contributed by atoms with van der Waals surface area (Å²) in [6.07, 6.45) is 18.8. The average Bonchev–Trinajstić information content (AvgIpc) is 2.64. The van der Waals surface area contributed by atoms with Crippen molar-refractivity contribution in [3.63, 3.8) is 0 Å². The summed E-state index contributed by atoms with van der Waals surface area (Å²) in [5.74, 6) is 2.65. The molecule has 0 aliphatic rings. The van der Waals surface area contributed by atoms with Gasteiger partial charge in [0.05, 0.1) is 26.2 Å². The molecular weight excluding hydrogens is 402 g/mol. The van der Waals surface area contributed by atoms with E-state index in [2.05, 4.69) is 39.5 Å². The number of nitrogens with zero attached hydrogens (tertiary/aromatic N) is 1. The van der Waals surface area contributed by atoms with E-state index in [4.69, 9.17) is 0 Å². The minimum atomic E-state index is 0. The molecule has 0 spiro atoms. The molecule has 0 aliphatic carbocycles. The normalized spacial score (nSPS) is 11.5. The summed E-state index contributed by atoms with van der Waals surface area (Å²) in [5.41, 5.74) is 0. The van der Waals surface area contributed by atoms with E-state index in [0.29, 0.717) is 0 Å². The minimum Gasteiger partial charge on any atom is -1.00 e. The Hall–Kier alpha value is 0.790. The van der Waals surface area contributed by atoms with Crippen molar-refractivity contribution in [2.45, 2.75) is 111 Å². The number of hydrogen-bond acceptors (Lipinski definition) is 1. The second kappa shape index (κ2) is 22.1. The Bertz CT molecular complexity index is 257. The van der Waals surface area contributed by atoms with Crippen LogP contribution < -0.4 is 17.0 Å². The minimum absolute atomic E-state index is 0. The van der Waals surface area contributed by atoms with Crippen molar-refractivity contribution in [3.8, 4) is 0 Å². The van der Waals surface area contributed by atoms with Crippen LogP contribution in [0.4, 0.5) is 0 Å². The molecule has 0 heterocycles. The summed E-state index contributed by atoms with van der Waals surface area (Å²) in [5, 5.41) is 0. The van der Waals surface area contributed by atoms with Gasteiger partial charge in [-0.1, -0.05) is 65.2 Å². The van der Waals surface area contributed by atoms with E-state index in [1.165, 1.54) is 126 Å². The third-order valence-corrected chi connectivity index (χ3v) is 6.94. The number of thioether (sulfide) groups is 1. The Morgan fingerprint density at radius 2 is 0.962 bits per heavy atom. The third-order valence-electron chi connectivity index (χ3n) is 5.95. The molecule has 0 aromatic carbocycles. The SMILES string of the molecule is CCCCCCCCCCCC[N+](CC)(CC)CCCCCSCC.[Br-]. The van der Waals surface area contributed by atoms with Gasteiger partial charge in [-0.25, -0.2) is 0 Å². The van der Waals surface area contributed by atoms with Crippen molar-refractivity contribution in [1.82, 2.24) is 0 Å². The first-order valence-corrected chi connectivity index (χ1v) is 12.8. The molecular formula is C23H50BrNS. The molecule has 0 N–H and O–H groups in total. The molecule has 0 atom stereocenters. The largest absolute Gasteiger partial charge is 1.00 e. The fourth-order valence-corrected chi connectivity index (χ4v) is 4.57. The van der Waals surface area contributed by atoms with Crippen LogP contribution in [-0.2, 0) is 0 Å². The molecule has 0 rings (SSSR count). The number of hydrogen-bond donors (Lipinski definition) is 0. The molecule has 0 aromatic rings. The highest BCUT2D eigenvalue weighted by Gasteiger charge is 2.21. The molecule has 160 valence electrons. The van der Waals surface area contributed by atoms with E-state index in [1.54, 1.807) is 0 Å². The molecule has 0 radical (unpaired) electrons. The van der Waals surface area contributed by atoms with Crippen molar-refractivity contribution in [2.75, 3.05) is 37.7 Å². The predicted octanol–water partition coefficient (Wildman–Crippen LogP) is 4.69. The van der Waals surface area contributed by atoms with Gasteiger partial charge in [-0.05, 0) is 57.5 Å². The molecule has 0 fully saturated rings. The van der Waals surface area contributed by atoms with Crippen molar-refractivity contribution in [1.29, 1.82) is 0 Å². The Labute approximate surface area is 181 Å². The van der Waals surface area contributed by atoms with Gasteiger partial charge in [0.1, 0.15) is 0 Å². The van der Waals surface area contributed by atoms with Crippen LogP contribution in [0.25, 0.3) is 0 Å². The zero-order valence-corrected chi connectivity index (χ0v) is 21.1. The molecule has 0 bridgehead atoms. The van der Waals surface area contributed by atoms with E-state index in [9.17, 15) is 0 Å². The average molecular weight is 453 g/mol. The van der Waals surface area contributed by atoms with E-state index < -0.39 is 0 Å². The van der Waals surface area contributed by atoms with Gasteiger partial charge in [0, 0.05) is 0 Å². The van der Waals surface area contributed by atoms with Gasteiger partial charge in [-0.2, -0.15) is 11.8 Å². The van der Waals surface area contributed by atoms with Crippen molar-refractivity contribution in [2.24, 2.45) is 0 Å². The lowest BCUT2D eigenvalue weighted by molar-refractivity contribution is -0.925. The molecule has 3 heteroatoms. The topological polar surface area (TPSA) is 0 Å². The van der Waals surface area contributed by atoms with Crippen molar-refractivity contribution >= 4 is 11.8 Å². The maximum atomic E-state index is 2.41. The quantitative estimate of drug-likeness (QED) is 0.191. The van der Waals surface area contributed by atoms with Crippen LogP contribution in [0.1, 0.15) is 111 Å². The van der Waals surface area contributed by atoms with E-state index in [-0.39, 0.29) is 17.0 Å². The van der Waals surface area contributed by atoms with Gasteiger partial charge in [0.2, 0.25) is 0 Å². The molecule has 0 saturated heterocycles. The van der Waals surface area contributed by atoms with Gasteiger partial charge in [-0.15, -0.1) is 0 Å². The van der Waals surface area contributed by atoms with Gasteiger partial charge in [-0.3, -0.25) is 0 Å². The second-order valence-corrected chi connectivity index (χ2v) is 9.25. The maximum absolute atomic E-state index is 2.41. The van der Waals surface area contributed by atoms with E-state index in [1.807, 2.05) is 0 Å². The van der Waals surface area contributed by atoms with Gasteiger partial charge < -0.3 is 21.5 Å². The number of rotatable bonds is 20. The third kappa shape index (κ3) is 16.9. The first kappa shape index (κ1) is 29.0. The lowest BCUT2D eigenvalue weighted by atomic mass is 10.1. The van der Waals surface area contributed by atoms with Crippen LogP contribution in [0.3, 0.4) is 0 Å². The summed E-state index contributed by atoms with van der Waals surface area (Å²) in [6, 6.07) is 0. The first-order valence-electron chi connectivity index (χ1n) is 11.7. The number of halogens is 1. The van der Waals surface area contributed by atoms with Crippen LogP contribution in [0.5, 0.6) is 0 Å². The van der Waals surface area contributed by atoms with E-state index in [0.717, 1.165) is 0 Å². The summed E-state index contributed by atoms with van der Waals surface area (Å²) >= 11 is 2.10. The second-order valence-electron chi connectivity index (χ2n) is 7.86. The Morgan fingerprint density at radius 3 is 1.38 bits per heavy atom. The first-order chi connectivity index (χ1) is 12.2. The molecule has 0 saturated carbocycles. The van der Waals surface area contributed by atoms with Crippen molar-refractivity contribution in [3.05, 3.63) is 0 Å². The van der Waals surface area contributed by atoms with Crippen LogP contribution in [0, 0.1) is 0 Å². The maximum Gasteiger partial charge on any atom is 0.0786 e. The van der Waals surface area contributed by atoms with Crippen LogP contribution >= 0.6 is 11.8 Å². The number of unbranched alkanes of at least 4 members (excludes halogenated alkanes) is 11. The van der Waals surface area contributed by atoms with Crippen LogP contribution in [0.15, 0.2) is 0 Å². The molecule has 0 unspecified atom stereocenters. The smallest absolute Gasteiger partial charge is 0.0786 e. The molecule has 0 amide bonds. The van der Waals surface area contributed by atoms with Crippen molar-refractivity contribution < 1.29 is 21.5 Å². The van der Waals surface area contributed by atoms with Gasteiger partial charge in [0.25, 0.3) is 0 Å². The zero-order chi connectivity index (χ0) is 18.6. The predicted molar refractivity (Wildman–Crippen MR) is 120 cm³/mol. The molecule has 26 heavy (non-hydrogen) atoms. The Morgan fingerprint density at radius 1 is 0.538 bits per heavy atom. The summed E-state index contributed by atoms with van der Waals surface area (Å²) in [6.45, 7) is 14.9. The monoisotopic (exact) mass is 451 g/mol. The molecule has 1 nitrogen and oxygen atoms in total. The Balaban J connectivity index is 0. The highest BCUT2D eigenvalue weighted by atomic mass is 79.9. The summed E-state index contributed by atoms with van der Waals surface area (Å²) in [4.78, 5) is 0. The fraction of sp³-hybridized carbons (Fsp3) is 1.00. The fourth-order valence-electron chi connectivity index (χ4n) is 3.87. The van der Waals surface area contributed by atoms with Crippen LogP contribution in [-0.4, -0.2) is 42.2 Å². The molecule has 0 aromatic heterocycles. The zero-order valence-electron chi connectivity index (χ0n) is 18.7. The summed E-state index contributed by atoms with van der Waals surface area (Å²) < 4.78 is 1.37. The standard InChI is InChI=1S/C23H50NS.BrH/c1-5-9-10-11-12-13-14-15-16-18-21-24(6-2,7-3)22-19-17-20-23-25-8-4;/h5-23H2,1-4H3;1H/q+1;/p-1.